The number of halogens is 1. The van der Waals surface area contributed by atoms with Gasteiger partial charge in [0.2, 0.25) is 11.9 Å². The van der Waals surface area contributed by atoms with E-state index < -0.39 is 0 Å². The fraction of sp³-hybridized carbons (Fsp3) is 0.364. The molecule has 1 saturated carbocycles. The molecule has 0 spiro atoms. The second-order valence-corrected chi connectivity index (χ2v) is 7.76. The molecule has 29 heavy (non-hydrogen) atoms. The monoisotopic (exact) mass is 391 g/mol. The third-order valence-electron chi connectivity index (χ3n) is 5.69. The molecular weight excluding hydrogens is 369 g/mol. The van der Waals surface area contributed by atoms with Gasteiger partial charge in [-0.3, -0.25) is 4.79 Å². The number of nitrogens with zero attached hydrogens (tertiary/aromatic N) is 5. The van der Waals surface area contributed by atoms with E-state index in [1.807, 2.05) is 29.2 Å². The first-order chi connectivity index (χ1) is 14.2. The van der Waals surface area contributed by atoms with Crippen LogP contribution >= 0.6 is 0 Å². The van der Waals surface area contributed by atoms with Crippen LogP contribution in [0.15, 0.2) is 42.7 Å². The van der Waals surface area contributed by atoms with Crippen LogP contribution in [0.1, 0.15) is 29.9 Å². The van der Waals surface area contributed by atoms with E-state index in [1.54, 1.807) is 12.4 Å². The second kappa shape index (κ2) is 7.39. The summed E-state index contributed by atoms with van der Waals surface area (Å²) in [6.07, 6.45) is 5.86. The smallest absolute Gasteiger partial charge is 0.227 e. The molecule has 6 nitrogen and oxygen atoms in total. The van der Waals surface area contributed by atoms with Crippen molar-refractivity contribution in [1.29, 1.82) is 0 Å². The van der Waals surface area contributed by atoms with Gasteiger partial charge in [-0.25, -0.2) is 14.4 Å². The number of carbonyl (C=O) groups excluding carboxylic acids is 1. The molecule has 1 saturated heterocycles. The summed E-state index contributed by atoms with van der Waals surface area (Å²) in [6.45, 7) is 2.54. The zero-order valence-electron chi connectivity index (χ0n) is 16.1. The van der Waals surface area contributed by atoms with Gasteiger partial charge in [-0.05, 0) is 48.1 Å². The van der Waals surface area contributed by atoms with Crippen molar-refractivity contribution in [3.8, 4) is 0 Å². The van der Waals surface area contributed by atoms with Crippen LogP contribution in [0.3, 0.4) is 0 Å². The molecular formula is C22H22FN5O. The molecule has 3 aromatic rings. The average molecular weight is 391 g/mol. The fourth-order valence-electron chi connectivity index (χ4n) is 3.86. The third-order valence-corrected chi connectivity index (χ3v) is 5.69. The van der Waals surface area contributed by atoms with E-state index in [9.17, 15) is 9.18 Å². The van der Waals surface area contributed by atoms with Crippen molar-refractivity contribution in [2.75, 3.05) is 31.1 Å². The number of piperazine rings is 1. The largest absolute Gasteiger partial charge is 0.339 e. The van der Waals surface area contributed by atoms with Crippen molar-refractivity contribution in [3.05, 3.63) is 59.7 Å². The van der Waals surface area contributed by atoms with E-state index in [2.05, 4.69) is 19.9 Å². The average Bonchev–Trinajstić information content (AvgIpc) is 3.59. The normalized spacial score (nSPS) is 17.0. The van der Waals surface area contributed by atoms with Crippen molar-refractivity contribution in [2.45, 2.75) is 25.2 Å². The highest BCUT2D eigenvalue weighted by Crippen LogP contribution is 2.41. The summed E-state index contributed by atoms with van der Waals surface area (Å²) in [5.41, 5.74) is 2.20. The molecule has 0 unspecified atom stereocenters. The van der Waals surface area contributed by atoms with Crippen LogP contribution in [-0.2, 0) is 11.2 Å². The van der Waals surface area contributed by atoms with E-state index in [4.69, 9.17) is 0 Å². The summed E-state index contributed by atoms with van der Waals surface area (Å²) in [6, 6.07) is 9.06. The van der Waals surface area contributed by atoms with Gasteiger partial charge in [0.25, 0.3) is 0 Å². The van der Waals surface area contributed by atoms with Crippen molar-refractivity contribution < 1.29 is 9.18 Å². The maximum atomic E-state index is 14.2. The summed E-state index contributed by atoms with van der Waals surface area (Å²) < 4.78 is 14.2. The number of pyridine rings is 1. The highest BCUT2D eigenvalue weighted by Gasteiger charge is 2.27. The lowest BCUT2D eigenvalue weighted by Gasteiger charge is -2.34. The molecule has 1 aromatic carbocycles. The molecule has 2 aliphatic rings. The topological polar surface area (TPSA) is 62.2 Å². The minimum absolute atomic E-state index is 0.0318. The Morgan fingerprint density at radius 2 is 1.93 bits per heavy atom. The molecule has 0 bridgehead atoms. The lowest BCUT2D eigenvalue weighted by molar-refractivity contribution is -0.130. The zero-order valence-corrected chi connectivity index (χ0v) is 16.1. The molecule has 2 fully saturated rings. The minimum atomic E-state index is -0.176. The number of hydrogen-bond donors (Lipinski definition) is 0. The Morgan fingerprint density at radius 1 is 1.10 bits per heavy atom. The lowest BCUT2D eigenvalue weighted by Crippen LogP contribution is -2.49. The standard InChI is InChI=1S/C22H22FN5O/c23-19-12-15(3-6-18(19)16-4-5-16)13-20(29)27-8-10-28(11-9-27)22-25-14-17-2-1-7-24-21(17)26-22/h1-3,6-7,12,14,16H,4-5,8-11,13H2. The van der Waals surface area contributed by atoms with Crippen molar-refractivity contribution >= 4 is 22.9 Å². The number of aromatic nitrogens is 3. The maximum Gasteiger partial charge on any atom is 0.227 e. The number of hydrogen-bond acceptors (Lipinski definition) is 5. The first-order valence-electron chi connectivity index (χ1n) is 10.1. The van der Waals surface area contributed by atoms with Crippen LogP contribution in [0.25, 0.3) is 11.0 Å². The van der Waals surface area contributed by atoms with Crippen LogP contribution in [0.2, 0.25) is 0 Å². The first-order valence-corrected chi connectivity index (χ1v) is 10.1. The summed E-state index contributed by atoms with van der Waals surface area (Å²) in [5.74, 6) is 0.871. The Balaban J connectivity index is 1.20. The highest BCUT2D eigenvalue weighted by molar-refractivity contribution is 5.79. The summed E-state index contributed by atoms with van der Waals surface area (Å²) >= 11 is 0. The Morgan fingerprint density at radius 3 is 2.69 bits per heavy atom. The molecule has 0 N–H and O–H groups in total. The molecule has 148 valence electrons. The zero-order chi connectivity index (χ0) is 19.8. The van der Waals surface area contributed by atoms with Gasteiger partial charge in [-0.2, -0.15) is 4.98 Å². The Hall–Kier alpha value is -3.09. The summed E-state index contributed by atoms with van der Waals surface area (Å²) in [7, 11) is 0. The van der Waals surface area contributed by atoms with Crippen molar-refractivity contribution in [2.24, 2.45) is 0 Å². The summed E-state index contributed by atoms with van der Waals surface area (Å²) in [4.78, 5) is 29.8. The molecule has 1 amide bonds. The van der Waals surface area contributed by atoms with Gasteiger partial charge in [0, 0.05) is 44.0 Å². The van der Waals surface area contributed by atoms with E-state index in [0.717, 1.165) is 29.4 Å². The van der Waals surface area contributed by atoms with Gasteiger partial charge in [-0.15, -0.1) is 0 Å². The molecule has 5 rings (SSSR count). The Bertz CT molecular complexity index is 1060. The SMILES string of the molecule is O=C(Cc1ccc(C2CC2)c(F)c1)N1CCN(c2ncc3cccnc3n2)CC1. The predicted molar refractivity (Wildman–Crippen MR) is 108 cm³/mol. The van der Waals surface area contributed by atoms with Gasteiger partial charge in [0.05, 0.1) is 6.42 Å². The minimum Gasteiger partial charge on any atom is -0.339 e. The number of rotatable bonds is 4. The molecule has 2 aromatic heterocycles. The molecule has 0 radical (unpaired) electrons. The fourth-order valence-corrected chi connectivity index (χ4v) is 3.86. The molecule has 1 aliphatic heterocycles. The van der Waals surface area contributed by atoms with E-state index in [0.29, 0.717) is 43.7 Å². The van der Waals surface area contributed by atoms with E-state index in [-0.39, 0.29) is 18.1 Å². The summed E-state index contributed by atoms with van der Waals surface area (Å²) in [5, 5.41) is 0.907. The van der Waals surface area contributed by atoms with Gasteiger partial charge >= 0.3 is 0 Å². The predicted octanol–water partition coefficient (Wildman–Crippen LogP) is 2.93. The van der Waals surface area contributed by atoms with E-state index in [1.165, 1.54) is 6.07 Å². The Kier molecular flexibility index (Phi) is 4.58. The van der Waals surface area contributed by atoms with Crippen LogP contribution < -0.4 is 4.90 Å². The number of benzene rings is 1. The maximum absolute atomic E-state index is 14.2. The number of carbonyl (C=O) groups is 1. The van der Waals surface area contributed by atoms with Gasteiger partial charge in [0.15, 0.2) is 5.65 Å². The number of fused-ring (bicyclic) bond motifs is 1. The third kappa shape index (κ3) is 3.77. The van der Waals surface area contributed by atoms with Gasteiger partial charge in [0.1, 0.15) is 5.82 Å². The van der Waals surface area contributed by atoms with Crippen LogP contribution in [0.4, 0.5) is 10.3 Å². The molecule has 7 heteroatoms. The quantitative estimate of drug-likeness (QED) is 0.684. The van der Waals surface area contributed by atoms with Crippen molar-refractivity contribution in [1.82, 2.24) is 19.9 Å². The lowest BCUT2D eigenvalue weighted by atomic mass is 10.0. The number of anilines is 1. The Labute approximate surface area is 168 Å². The second-order valence-electron chi connectivity index (χ2n) is 7.76. The highest BCUT2D eigenvalue weighted by atomic mass is 19.1. The van der Waals surface area contributed by atoms with Crippen molar-refractivity contribution in [3.63, 3.8) is 0 Å². The van der Waals surface area contributed by atoms with Gasteiger partial charge in [-0.1, -0.05) is 12.1 Å². The van der Waals surface area contributed by atoms with Crippen LogP contribution in [-0.4, -0.2) is 51.9 Å². The van der Waals surface area contributed by atoms with Crippen LogP contribution in [0.5, 0.6) is 0 Å². The molecule has 1 aliphatic carbocycles. The van der Waals surface area contributed by atoms with E-state index >= 15 is 0 Å². The van der Waals surface area contributed by atoms with Gasteiger partial charge < -0.3 is 9.80 Å². The molecule has 3 heterocycles. The first kappa shape index (κ1) is 18.0. The molecule has 0 atom stereocenters. The number of amides is 1. The van der Waals surface area contributed by atoms with Crippen LogP contribution in [0, 0.1) is 5.82 Å².